The first-order valence-corrected chi connectivity index (χ1v) is 6.70. The third kappa shape index (κ3) is 4.24. The molecule has 0 radical (unpaired) electrons. The van der Waals surface area contributed by atoms with Crippen LogP contribution in [-0.2, 0) is 10.1 Å². The molecule has 1 rings (SSSR count). The molecule has 0 aromatic rings. The zero-order valence-electron chi connectivity index (χ0n) is 8.35. The highest BCUT2D eigenvalue weighted by Gasteiger charge is 2.20. The second-order valence-electron chi connectivity index (χ2n) is 4.09. The summed E-state index contributed by atoms with van der Waals surface area (Å²) in [5, 5.41) is 0. The Hall–Kier alpha value is -0.350. The van der Waals surface area contributed by atoms with Gasteiger partial charge in [0.2, 0.25) is 0 Å². The second-order valence-corrected chi connectivity index (χ2v) is 5.66. The zero-order chi connectivity index (χ0) is 10.6. The lowest BCUT2D eigenvalue weighted by molar-refractivity contribution is 0.303. The highest BCUT2D eigenvalue weighted by Crippen LogP contribution is 2.31. The van der Waals surface area contributed by atoms with Gasteiger partial charge in [0, 0.05) is 0 Å². The van der Waals surface area contributed by atoms with E-state index in [1.165, 1.54) is 0 Å². The molecule has 4 heteroatoms. The summed E-state index contributed by atoms with van der Waals surface area (Å²) in [5.41, 5.74) is 0. The van der Waals surface area contributed by atoms with Crippen molar-refractivity contribution in [1.29, 1.82) is 0 Å². The molecule has 0 spiro atoms. The molecule has 14 heavy (non-hydrogen) atoms. The Morgan fingerprint density at radius 1 is 1.29 bits per heavy atom. The summed E-state index contributed by atoms with van der Waals surface area (Å²) >= 11 is 0. The molecule has 0 aromatic heterocycles. The molecule has 0 saturated heterocycles. The van der Waals surface area contributed by atoms with E-state index < -0.39 is 10.1 Å². The van der Waals surface area contributed by atoms with Gasteiger partial charge >= 0.3 is 0 Å². The Morgan fingerprint density at radius 2 is 1.86 bits per heavy atom. The van der Waals surface area contributed by atoms with E-state index in [0.717, 1.165) is 25.7 Å². The first-order chi connectivity index (χ1) is 6.51. The molecule has 1 aliphatic carbocycles. The van der Waals surface area contributed by atoms with Gasteiger partial charge in [0.05, 0.1) is 5.75 Å². The second kappa shape index (κ2) is 4.94. The molecule has 1 fully saturated rings. The van der Waals surface area contributed by atoms with Crippen molar-refractivity contribution < 1.29 is 13.0 Å². The summed E-state index contributed by atoms with van der Waals surface area (Å²) in [6, 6.07) is 0. The van der Waals surface area contributed by atoms with Gasteiger partial charge in [0.15, 0.2) is 0 Å². The predicted octanol–water partition coefficient (Wildman–Crippen LogP) is 2.26. The Labute approximate surface area is 86.0 Å². The lowest BCUT2D eigenvalue weighted by Gasteiger charge is -2.26. The van der Waals surface area contributed by atoms with Gasteiger partial charge in [0.1, 0.15) is 0 Å². The van der Waals surface area contributed by atoms with Crippen molar-refractivity contribution in [2.45, 2.75) is 32.1 Å². The monoisotopic (exact) mass is 218 g/mol. The van der Waals surface area contributed by atoms with E-state index in [1.807, 2.05) is 6.08 Å². The van der Waals surface area contributed by atoms with Crippen LogP contribution in [0, 0.1) is 11.8 Å². The van der Waals surface area contributed by atoms with Crippen LogP contribution in [0.1, 0.15) is 32.1 Å². The maximum Gasteiger partial charge on any atom is 0.264 e. The van der Waals surface area contributed by atoms with Gasteiger partial charge in [-0.3, -0.25) is 4.55 Å². The molecular weight excluding hydrogens is 200 g/mol. The van der Waals surface area contributed by atoms with Crippen LogP contribution < -0.4 is 0 Å². The van der Waals surface area contributed by atoms with Crippen molar-refractivity contribution in [3.8, 4) is 0 Å². The summed E-state index contributed by atoms with van der Waals surface area (Å²) in [4.78, 5) is 0. The molecule has 82 valence electrons. The van der Waals surface area contributed by atoms with Crippen molar-refractivity contribution in [2.75, 3.05) is 5.75 Å². The largest absolute Gasteiger partial charge is 0.286 e. The van der Waals surface area contributed by atoms with Gasteiger partial charge in [-0.2, -0.15) is 8.42 Å². The van der Waals surface area contributed by atoms with Gasteiger partial charge < -0.3 is 0 Å². The van der Waals surface area contributed by atoms with Crippen molar-refractivity contribution >= 4 is 10.1 Å². The van der Waals surface area contributed by atoms with Gasteiger partial charge in [-0.25, -0.2) is 0 Å². The van der Waals surface area contributed by atoms with Crippen LogP contribution in [0.3, 0.4) is 0 Å². The summed E-state index contributed by atoms with van der Waals surface area (Å²) in [6.07, 6.45) is 6.93. The highest BCUT2D eigenvalue weighted by molar-refractivity contribution is 7.85. The summed E-state index contributed by atoms with van der Waals surface area (Å²) in [6.45, 7) is 3.76. The third-order valence-electron chi connectivity index (χ3n) is 3.01. The predicted molar refractivity (Wildman–Crippen MR) is 56.7 cm³/mol. The van der Waals surface area contributed by atoms with Crippen LogP contribution in [0.15, 0.2) is 12.7 Å². The van der Waals surface area contributed by atoms with Gasteiger partial charge in [-0.05, 0) is 43.9 Å². The number of allylic oxidation sites excluding steroid dienone is 1. The minimum atomic E-state index is -3.76. The molecule has 0 aromatic carbocycles. The average molecular weight is 218 g/mol. The lowest BCUT2D eigenvalue weighted by Crippen LogP contribution is -2.16. The van der Waals surface area contributed by atoms with Gasteiger partial charge in [-0.15, -0.1) is 6.58 Å². The zero-order valence-corrected chi connectivity index (χ0v) is 9.17. The summed E-state index contributed by atoms with van der Waals surface area (Å²) in [7, 11) is -3.76. The molecule has 1 saturated carbocycles. The third-order valence-corrected chi connectivity index (χ3v) is 3.76. The smallest absolute Gasteiger partial charge is 0.264 e. The maximum absolute atomic E-state index is 10.5. The van der Waals surface area contributed by atoms with Crippen molar-refractivity contribution in [1.82, 2.24) is 0 Å². The molecule has 0 heterocycles. The quantitative estimate of drug-likeness (QED) is 0.581. The van der Waals surface area contributed by atoms with Crippen LogP contribution >= 0.6 is 0 Å². The first-order valence-electron chi connectivity index (χ1n) is 5.09. The molecule has 0 atom stereocenters. The Balaban J connectivity index is 2.26. The molecule has 0 amide bonds. The maximum atomic E-state index is 10.5. The van der Waals surface area contributed by atoms with Crippen molar-refractivity contribution in [2.24, 2.45) is 11.8 Å². The SMILES string of the molecule is C=CC1CCC(CCS(=O)(=O)O)CC1. The van der Waals surface area contributed by atoms with Crippen LogP contribution in [0.5, 0.6) is 0 Å². The van der Waals surface area contributed by atoms with Crippen LogP contribution in [0.25, 0.3) is 0 Å². The van der Waals surface area contributed by atoms with Crippen LogP contribution in [0.4, 0.5) is 0 Å². The fourth-order valence-corrected chi connectivity index (χ4v) is 2.66. The molecule has 0 aliphatic heterocycles. The van der Waals surface area contributed by atoms with Gasteiger partial charge in [-0.1, -0.05) is 6.08 Å². The van der Waals surface area contributed by atoms with E-state index in [9.17, 15) is 8.42 Å². The van der Waals surface area contributed by atoms with E-state index in [1.54, 1.807) is 0 Å². The van der Waals surface area contributed by atoms with E-state index in [-0.39, 0.29) is 5.75 Å². The lowest BCUT2D eigenvalue weighted by atomic mass is 9.81. The highest BCUT2D eigenvalue weighted by atomic mass is 32.2. The number of hydrogen-bond donors (Lipinski definition) is 1. The number of hydrogen-bond acceptors (Lipinski definition) is 2. The minimum absolute atomic E-state index is 0.0869. The summed E-state index contributed by atoms with van der Waals surface area (Å²) < 4.78 is 29.7. The molecule has 0 bridgehead atoms. The van der Waals surface area contributed by atoms with Crippen molar-refractivity contribution in [3.63, 3.8) is 0 Å². The van der Waals surface area contributed by atoms with Crippen LogP contribution in [0.2, 0.25) is 0 Å². The topological polar surface area (TPSA) is 54.4 Å². The molecule has 1 aliphatic rings. The fraction of sp³-hybridized carbons (Fsp3) is 0.800. The van der Waals surface area contributed by atoms with Crippen molar-refractivity contribution in [3.05, 3.63) is 12.7 Å². The average Bonchev–Trinajstić information content (AvgIpc) is 2.14. The normalized spacial score (nSPS) is 28.6. The first kappa shape index (κ1) is 11.7. The van der Waals surface area contributed by atoms with E-state index in [2.05, 4.69) is 6.58 Å². The standard InChI is InChI=1S/C10H18O3S/c1-2-9-3-5-10(6-4-9)7-8-14(11,12)13/h2,9-10H,1,3-8H2,(H,11,12,13). The van der Waals surface area contributed by atoms with E-state index in [4.69, 9.17) is 4.55 Å². The molecule has 3 nitrogen and oxygen atoms in total. The Kier molecular flexibility index (Phi) is 4.13. The molecule has 0 unspecified atom stereocenters. The van der Waals surface area contributed by atoms with Crippen LogP contribution in [-0.4, -0.2) is 18.7 Å². The minimum Gasteiger partial charge on any atom is -0.286 e. The number of rotatable bonds is 4. The molecular formula is C10H18O3S. The Bertz CT molecular complexity index is 274. The van der Waals surface area contributed by atoms with Gasteiger partial charge in [0.25, 0.3) is 10.1 Å². The van der Waals surface area contributed by atoms with E-state index in [0.29, 0.717) is 18.3 Å². The Morgan fingerprint density at radius 3 is 2.29 bits per heavy atom. The summed E-state index contributed by atoms with van der Waals surface area (Å²) in [5.74, 6) is 0.987. The molecule has 1 N–H and O–H groups in total. The van der Waals surface area contributed by atoms with E-state index >= 15 is 0 Å². The fourth-order valence-electron chi connectivity index (χ4n) is 2.03.